The van der Waals surface area contributed by atoms with Gasteiger partial charge in [0.25, 0.3) is 0 Å². The summed E-state index contributed by atoms with van der Waals surface area (Å²) in [4.78, 5) is 38.5. The van der Waals surface area contributed by atoms with Crippen LogP contribution in [0.1, 0.15) is 47.5 Å². The van der Waals surface area contributed by atoms with Crippen molar-refractivity contribution >= 4 is 17.7 Å². The van der Waals surface area contributed by atoms with Gasteiger partial charge in [0, 0.05) is 31.6 Å². The third kappa shape index (κ3) is 2.64. The zero-order chi connectivity index (χ0) is 25.9. The molecule has 0 amide bonds. The number of hydrogen-bond donors (Lipinski definition) is 4. The Morgan fingerprint density at radius 3 is 2.23 bits per heavy atom. The van der Waals surface area contributed by atoms with Gasteiger partial charge in [0.1, 0.15) is 29.5 Å². The summed E-state index contributed by atoms with van der Waals surface area (Å²) in [7, 11) is 0. The molecule has 2 heterocycles. The lowest BCUT2D eigenvalue weighted by Gasteiger charge is -2.67. The number of rotatable bonds is 2. The van der Waals surface area contributed by atoms with Crippen LogP contribution >= 0.6 is 0 Å². The van der Waals surface area contributed by atoms with Gasteiger partial charge in [0.2, 0.25) is 0 Å². The van der Waals surface area contributed by atoms with Crippen LogP contribution in [0.5, 0.6) is 0 Å². The lowest BCUT2D eigenvalue weighted by Crippen LogP contribution is -2.83. The van der Waals surface area contributed by atoms with Crippen molar-refractivity contribution < 1.29 is 53.8 Å². The highest BCUT2D eigenvalue weighted by atomic mass is 16.6. The summed E-state index contributed by atoms with van der Waals surface area (Å²) in [5.41, 5.74) is -8.46. The average Bonchev–Trinajstić information content (AvgIpc) is 2.91. The average molecular weight is 499 g/mol. The third-order valence-corrected chi connectivity index (χ3v) is 10.1. The first-order chi connectivity index (χ1) is 16.1. The van der Waals surface area contributed by atoms with Gasteiger partial charge in [-0.15, -0.1) is 0 Å². The van der Waals surface area contributed by atoms with Gasteiger partial charge in [-0.1, -0.05) is 6.92 Å². The number of esters is 2. The molecule has 5 aliphatic rings. The van der Waals surface area contributed by atoms with Crippen LogP contribution < -0.4 is 0 Å². The molecule has 2 saturated heterocycles. The summed E-state index contributed by atoms with van der Waals surface area (Å²) < 4.78 is 22.9. The van der Waals surface area contributed by atoms with Crippen molar-refractivity contribution in [1.82, 2.24) is 0 Å². The van der Waals surface area contributed by atoms with E-state index >= 15 is 0 Å². The second-order valence-electron chi connectivity index (χ2n) is 11.6. The molecule has 11 nitrogen and oxygen atoms in total. The monoisotopic (exact) mass is 498 g/mol. The van der Waals surface area contributed by atoms with Crippen molar-refractivity contribution in [2.45, 2.75) is 94.8 Å². The van der Waals surface area contributed by atoms with Crippen LogP contribution in [0.2, 0.25) is 0 Å². The molecule has 0 radical (unpaired) electrons. The van der Waals surface area contributed by atoms with Crippen LogP contribution in [0.4, 0.5) is 0 Å². The number of Topliss-reactive ketones (excluding diaryl/α,β-unsaturated/α-hetero) is 1. The van der Waals surface area contributed by atoms with Crippen molar-refractivity contribution in [3.05, 3.63) is 0 Å². The summed E-state index contributed by atoms with van der Waals surface area (Å²) in [6.07, 6.45) is -6.69. The van der Waals surface area contributed by atoms with E-state index in [-0.39, 0.29) is 26.1 Å². The van der Waals surface area contributed by atoms with Crippen LogP contribution in [0, 0.1) is 22.7 Å². The SMILES string of the molecule is CC(=O)O[C@H]1C[C@H]2OC[C@@]2(OC(C)=O)[C@H]2[C@H](O)[C@@H]3C[C@H](O)C4(C)OCC3(C)[C@@]4(O)[C@@H](O)C(=O)[C@]12C. The van der Waals surface area contributed by atoms with Crippen LogP contribution in [-0.4, -0.2) is 98.7 Å². The fourth-order valence-corrected chi connectivity index (χ4v) is 8.19. The van der Waals surface area contributed by atoms with E-state index in [9.17, 15) is 34.8 Å². The van der Waals surface area contributed by atoms with Crippen LogP contribution in [0.25, 0.3) is 0 Å². The van der Waals surface area contributed by atoms with Gasteiger partial charge >= 0.3 is 11.9 Å². The maximum atomic E-state index is 14.3. The molecule has 3 saturated carbocycles. The fraction of sp³-hybridized carbons (Fsp3) is 0.875. The second-order valence-corrected chi connectivity index (χ2v) is 11.6. The zero-order valence-corrected chi connectivity index (χ0v) is 20.5. The van der Waals surface area contributed by atoms with Gasteiger partial charge in [-0.05, 0) is 26.2 Å². The molecule has 5 fully saturated rings. The molecule has 0 aromatic heterocycles. The Labute approximate surface area is 202 Å². The van der Waals surface area contributed by atoms with Crippen molar-refractivity contribution in [3.8, 4) is 0 Å². The van der Waals surface area contributed by atoms with E-state index in [4.69, 9.17) is 18.9 Å². The highest BCUT2D eigenvalue weighted by molar-refractivity contribution is 5.92. The Bertz CT molecular complexity index is 985. The van der Waals surface area contributed by atoms with E-state index in [1.807, 2.05) is 0 Å². The molecular formula is C24H34O11. The van der Waals surface area contributed by atoms with Gasteiger partial charge in [-0.2, -0.15) is 0 Å². The predicted molar refractivity (Wildman–Crippen MR) is 115 cm³/mol. The Morgan fingerprint density at radius 1 is 1.03 bits per heavy atom. The molecule has 5 rings (SSSR count). The number of hydrogen-bond acceptors (Lipinski definition) is 11. The maximum Gasteiger partial charge on any atom is 0.303 e. The number of aliphatic hydroxyl groups excluding tert-OH is 3. The van der Waals surface area contributed by atoms with Gasteiger partial charge in [-0.3, -0.25) is 14.4 Å². The summed E-state index contributed by atoms with van der Waals surface area (Å²) in [5.74, 6) is -4.24. The lowest BCUT2D eigenvalue weighted by molar-refractivity contribution is -0.348. The minimum Gasteiger partial charge on any atom is -0.461 e. The van der Waals surface area contributed by atoms with Gasteiger partial charge in [0.05, 0.1) is 30.8 Å². The highest BCUT2D eigenvalue weighted by Crippen LogP contribution is 2.67. The predicted octanol–water partition coefficient (Wildman–Crippen LogP) is -1.14. The van der Waals surface area contributed by atoms with Gasteiger partial charge in [0.15, 0.2) is 11.4 Å². The van der Waals surface area contributed by atoms with E-state index < -0.39 is 87.7 Å². The molecule has 4 N–H and O–H groups in total. The standard InChI is InChI=1S/C24H34O11/c1-10(25)34-14-7-15-23(9-32-15,35-11(2)26)17-16(28)12-6-13(27)22(5)24(31,20(12,3)8-33-22)19(30)18(29)21(14,17)4/h12-17,19,27-28,30-31H,6-9H2,1-5H3/t12-,13-,14-,15+,16+,17-,19-,20?,21+,22?,23-,24-/m0/s1. The van der Waals surface area contributed by atoms with Crippen LogP contribution in [0.15, 0.2) is 0 Å². The largest absolute Gasteiger partial charge is 0.461 e. The first-order valence-electron chi connectivity index (χ1n) is 12.0. The van der Waals surface area contributed by atoms with E-state index in [0.29, 0.717) is 0 Å². The maximum absolute atomic E-state index is 14.3. The Kier molecular flexibility index (Phi) is 5.17. The summed E-state index contributed by atoms with van der Waals surface area (Å²) in [6, 6.07) is 0. The first-order valence-corrected chi connectivity index (χ1v) is 12.0. The van der Waals surface area contributed by atoms with E-state index in [1.165, 1.54) is 27.7 Å². The Morgan fingerprint density at radius 2 is 1.69 bits per heavy atom. The quantitative estimate of drug-likeness (QED) is 0.339. The number of carbonyl (C=O) groups is 3. The zero-order valence-electron chi connectivity index (χ0n) is 20.5. The van der Waals surface area contributed by atoms with Gasteiger partial charge < -0.3 is 39.4 Å². The topological polar surface area (TPSA) is 169 Å². The molecule has 196 valence electrons. The molecule has 0 aromatic carbocycles. The molecule has 12 atom stereocenters. The summed E-state index contributed by atoms with van der Waals surface area (Å²) in [5, 5.41) is 46.8. The Hall–Kier alpha value is -1.63. The van der Waals surface area contributed by atoms with E-state index in [2.05, 4.69) is 0 Å². The molecule has 2 unspecified atom stereocenters. The molecule has 4 bridgehead atoms. The molecule has 0 spiro atoms. The number of carbonyl (C=O) groups excluding carboxylic acids is 3. The van der Waals surface area contributed by atoms with Crippen LogP contribution in [0.3, 0.4) is 0 Å². The minimum absolute atomic E-state index is 0.00384. The van der Waals surface area contributed by atoms with Crippen molar-refractivity contribution in [1.29, 1.82) is 0 Å². The van der Waals surface area contributed by atoms with Crippen LogP contribution in [-0.2, 0) is 33.3 Å². The summed E-state index contributed by atoms with van der Waals surface area (Å²) in [6.45, 7) is 6.71. The normalized spacial score (nSPS) is 56.6. The fourth-order valence-electron chi connectivity index (χ4n) is 8.19. The van der Waals surface area contributed by atoms with Crippen molar-refractivity contribution in [2.24, 2.45) is 22.7 Å². The Balaban J connectivity index is 1.77. The number of aliphatic hydroxyl groups is 4. The number of ether oxygens (including phenoxy) is 4. The molecule has 3 aliphatic carbocycles. The second kappa shape index (κ2) is 7.23. The number of fused-ring (bicyclic) bond motifs is 3. The molecular weight excluding hydrogens is 464 g/mol. The van der Waals surface area contributed by atoms with Crippen molar-refractivity contribution in [3.63, 3.8) is 0 Å². The van der Waals surface area contributed by atoms with E-state index in [0.717, 1.165) is 0 Å². The molecule has 11 heteroatoms. The highest BCUT2D eigenvalue weighted by Gasteiger charge is 2.83. The molecule has 35 heavy (non-hydrogen) atoms. The summed E-state index contributed by atoms with van der Waals surface area (Å²) >= 11 is 0. The van der Waals surface area contributed by atoms with E-state index in [1.54, 1.807) is 6.92 Å². The third-order valence-electron chi connectivity index (χ3n) is 10.1. The number of ketones is 1. The molecule has 0 aromatic rings. The smallest absolute Gasteiger partial charge is 0.303 e. The molecule has 2 aliphatic heterocycles. The minimum atomic E-state index is -2.25. The van der Waals surface area contributed by atoms with Gasteiger partial charge in [-0.25, -0.2) is 0 Å². The van der Waals surface area contributed by atoms with Crippen molar-refractivity contribution in [2.75, 3.05) is 13.2 Å². The first kappa shape index (κ1) is 25.0. The lowest BCUT2D eigenvalue weighted by atomic mass is 9.42.